The maximum atomic E-state index is 12.0. The molecule has 1 saturated heterocycles. The van der Waals surface area contributed by atoms with Gasteiger partial charge in [-0.1, -0.05) is 0 Å². The Morgan fingerprint density at radius 2 is 2.32 bits per heavy atom. The van der Waals surface area contributed by atoms with Crippen molar-refractivity contribution in [2.24, 2.45) is 5.92 Å². The summed E-state index contributed by atoms with van der Waals surface area (Å²) >= 11 is 0. The molecule has 0 bridgehead atoms. The van der Waals surface area contributed by atoms with E-state index in [1.807, 2.05) is 0 Å². The molecule has 0 aromatic carbocycles. The van der Waals surface area contributed by atoms with Crippen LogP contribution in [0.25, 0.3) is 0 Å². The maximum absolute atomic E-state index is 12.0. The summed E-state index contributed by atoms with van der Waals surface area (Å²) < 4.78 is 0. The van der Waals surface area contributed by atoms with Gasteiger partial charge in [0.2, 0.25) is 0 Å². The lowest BCUT2D eigenvalue weighted by Gasteiger charge is -2.14. The van der Waals surface area contributed by atoms with Crippen molar-refractivity contribution in [3.8, 4) is 0 Å². The zero-order valence-corrected chi connectivity index (χ0v) is 10.0. The molecule has 8 nitrogen and oxygen atoms in total. The van der Waals surface area contributed by atoms with Gasteiger partial charge in [0.1, 0.15) is 5.69 Å². The molecule has 1 aromatic heterocycles. The first-order chi connectivity index (χ1) is 8.97. The van der Waals surface area contributed by atoms with Crippen LogP contribution in [0.15, 0.2) is 12.3 Å². The quantitative estimate of drug-likeness (QED) is 0.619. The number of rotatable bonds is 4. The van der Waals surface area contributed by atoms with Gasteiger partial charge >= 0.3 is 5.97 Å². The van der Waals surface area contributed by atoms with Crippen LogP contribution in [0.2, 0.25) is 0 Å². The van der Waals surface area contributed by atoms with Crippen LogP contribution in [0.4, 0.5) is 5.69 Å². The number of aliphatic carboxylic acids is 1. The Balaban J connectivity index is 2.00. The normalized spacial score (nSPS) is 18.5. The number of hydrogen-bond acceptors (Lipinski definition) is 4. The Hall–Kier alpha value is -2.38. The lowest BCUT2D eigenvalue weighted by molar-refractivity contribution is -0.384. The van der Waals surface area contributed by atoms with E-state index in [9.17, 15) is 19.7 Å². The summed E-state index contributed by atoms with van der Waals surface area (Å²) in [6.45, 7) is 0.849. The maximum Gasteiger partial charge on any atom is 0.303 e. The van der Waals surface area contributed by atoms with Crippen LogP contribution in [0.1, 0.15) is 23.3 Å². The summed E-state index contributed by atoms with van der Waals surface area (Å²) in [7, 11) is 0. The molecule has 1 fully saturated rings. The van der Waals surface area contributed by atoms with Gasteiger partial charge in [-0.3, -0.25) is 19.7 Å². The van der Waals surface area contributed by atoms with Gasteiger partial charge in [0.15, 0.2) is 0 Å². The SMILES string of the molecule is O=C(O)CC1CCN(C(=O)c2cc([N+](=O)[O-])c[nH]2)C1. The highest BCUT2D eigenvalue weighted by Crippen LogP contribution is 2.22. The molecule has 1 aromatic rings. The molecule has 2 heterocycles. The van der Waals surface area contributed by atoms with E-state index in [0.29, 0.717) is 19.5 Å². The van der Waals surface area contributed by atoms with Crippen molar-refractivity contribution in [2.75, 3.05) is 13.1 Å². The molecule has 2 rings (SSSR count). The van der Waals surface area contributed by atoms with Gasteiger partial charge in [-0.25, -0.2) is 0 Å². The standard InChI is InChI=1S/C11H13N3O5/c15-10(16)3-7-1-2-13(6-7)11(17)9-4-8(5-12-9)14(18)19/h4-5,7,12H,1-3,6H2,(H,15,16). The first-order valence-electron chi connectivity index (χ1n) is 5.81. The van der Waals surface area contributed by atoms with Gasteiger partial charge in [0, 0.05) is 25.6 Å². The summed E-state index contributed by atoms with van der Waals surface area (Å²) in [6.07, 6.45) is 1.84. The highest BCUT2D eigenvalue weighted by Gasteiger charge is 2.29. The number of carbonyl (C=O) groups is 2. The number of aromatic nitrogens is 1. The summed E-state index contributed by atoms with van der Waals surface area (Å²) in [5.74, 6) is -1.26. The third kappa shape index (κ3) is 2.90. The molecule has 2 N–H and O–H groups in total. The summed E-state index contributed by atoms with van der Waals surface area (Å²) in [4.78, 5) is 36.7. The molecule has 1 amide bonds. The van der Waals surface area contributed by atoms with Crippen LogP contribution in [0.5, 0.6) is 0 Å². The number of likely N-dealkylation sites (tertiary alicyclic amines) is 1. The molecular weight excluding hydrogens is 254 g/mol. The van der Waals surface area contributed by atoms with Crippen LogP contribution in [0, 0.1) is 16.0 Å². The second-order valence-corrected chi connectivity index (χ2v) is 4.53. The molecule has 1 unspecified atom stereocenters. The minimum absolute atomic E-state index is 0.0364. The van der Waals surface area contributed by atoms with E-state index in [-0.39, 0.29) is 29.6 Å². The third-order valence-corrected chi connectivity index (χ3v) is 3.15. The number of carboxylic acids is 1. The van der Waals surface area contributed by atoms with E-state index in [0.717, 1.165) is 6.20 Å². The van der Waals surface area contributed by atoms with Crippen molar-refractivity contribution in [1.29, 1.82) is 0 Å². The predicted octanol–water partition coefficient (Wildman–Crippen LogP) is 0.860. The fraction of sp³-hybridized carbons (Fsp3) is 0.455. The smallest absolute Gasteiger partial charge is 0.303 e. The Morgan fingerprint density at radius 1 is 1.58 bits per heavy atom. The number of carboxylic acid groups (broad SMARTS) is 1. The van der Waals surface area contributed by atoms with Gasteiger partial charge in [-0.2, -0.15) is 0 Å². The number of nitrogens with one attached hydrogen (secondary N) is 1. The zero-order chi connectivity index (χ0) is 14.0. The van der Waals surface area contributed by atoms with Gasteiger partial charge in [-0.15, -0.1) is 0 Å². The molecule has 19 heavy (non-hydrogen) atoms. The van der Waals surface area contributed by atoms with Crippen LogP contribution < -0.4 is 0 Å². The molecule has 8 heteroatoms. The van der Waals surface area contributed by atoms with Crippen molar-refractivity contribution in [3.05, 3.63) is 28.1 Å². The van der Waals surface area contributed by atoms with Crippen molar-refractivity contribution in [3.63, 3.8) is 0 Å². The fourth-order valence-electron chi connectivity index (χ4n) is 2.21. The molecule has 1 aliphatic rings. The topological polar surface area (TPSA) is 117 Å². The molecule has 0 spiro atoms. The number of amides is 1. The van der Waals surface area contributed by atoms with Crippen molar-refractivity contribution in [2.45, 2.75) is 12.8 Å². The molecule has 1 atom stereocenters. The number of aromatic amines is 1. The van der Waals surface area contributed by atoms with Crippen LogP contribution >= 0.6 is 0 Å². The summed E-state index contributed by atoms with van der Waals surface area (Å²) in [5.41, 5.74) is -0.00712. The zero-order valence-electron chi connectivity index (χ0n) is 10.0. The summed E-state index contributed by atoms with van der Waals surface area (Å²) in [6, 6.07) is 1.19. The minimum Gasteiger partial charge on any atom is -0.481 e. The van der Waals surface area contributed by atoms with Crippen molar-refractivity contribution in [1.82, 2.24) is 9.88 Å². The Morgan fingerprint density at radius 3 is 2.89 bits per heavy atom. The van der Waals surface area contributed by atoms with E-state index < -0.39 is 10.9 Å². The average molecular weight is 267 g/mol. The lowest BCUT2D eigenvalue weighted by Crippen LogP contribution is -2.29. The fourth-order valence-corrected chi connectivity index (χ4v) is 2.21. The molecular formula is C11H13N3O5. The molecule has 1 aliphatic heterocycles. The van der Waals surface area contributed by atoms with E-state index in [4.69, 9.17) is 5.11 Å². The van der Waals surface area contributed by atoms with Crippen LogP contribution in [-0.4, -0.2) is 44.9 Å². The van der Waals surface area contributed by atoms with Gasteiger partial charge in [0.05, 0.1) is 11.1 Å². The number of H-pyrrole nitrogens is 1. The van der Waals surface area contributed by atoms with E-state index in [2.05, 4.69) is 4.98 Å². The number of hydrogen-bond donors (Lipinski definition) is 2. The lowest BCUT2D eigenvalue weighted by atomic mass is 10.1. The van der Waals surface area contributed by atoms with Gasteiger partial charge < -0.3 is 15.0 Å². The Kier molecular flexibility index (Phi) is 3.50. The Labute approximate surface area is 108 Å². The first-order valence-corrected chi connectivity index (χ1v) is 5.81. The highest BCUT2D eigenvalue weighted by atomic mass is 16.6. The largest absolute Gasteiger partial charge is 0.481 e. The van der Waals surface area contributed by atoms with E-state index >= 15 is 0 Å². The molecule has 0 radical (unpaired) electrons. The molecule has 0 aliphatic carbocycles. The predicted molar refractivity (Wildman–Crippen MR) is 63.7 cm³/mol. The molecule has 102 valence electrons. The minimum atomic E-state index is -0.880. The highest BCUT2D eigenvalue weighted by molar-refractivity contribution is 5.93. The van der Waals surface area contributed by atoms with Crippen LogP contribution in [0.3, 0.4) is 0 Å². The second kappa shape index (κ2) is 5.09. The van der Waals surface area contributed by atoms with Gasteiger partial charge in [0.25, 0.3) is 11.6 Å². The van der Waals surface area contributed by atoms with Crippen molar-refractivity contribution >= 4 is 17.6 Å². The number of nitro groups is 1. The summed E-state index contributed by atoms with van der Waals surface area (Å²) in [5, 5.41) is 19.2. The van der Waals surface area contributed by atoms with E-state index in [1.165, 1.54) is 11.0 Å². The second-order valence-electron chi connectivity index (χ2n) is 4.53. The van der Waals surface area contributed by atoms with Crippen LogP contribution in [-0.2, 0) is 4.79 Å². The van der Waals surface area contributed by atoms with Crippen molar-refractivity contribution < 1.29 is 19.6 Å². The number of nitrogens with zero attached hydrogens (tertiary/aromatic N) is 2. The van der Waals surface area contributed by atoms with E-state index in [1.54, 1.807) is 0 Å². The monoisotopic (exact) mass is 267 g/mol. The third-order valence-electron chi connectivity index (χ3n) is 3.15. The molecule has 0 saturated carbocycles. The first kappa shape index (κ1) is 13.1. The van der Waals surface area contributed by atoms with Gasteiger partial charge in [-0.05, 0) is 12.3 Å². The average Bonchev–Trinajstić information content (AvgIpc) is 2.95. The number of carbonyl (C=O) groups excluding carboxylic acids is 1. The Bertz CT molecular complexity index is 524.